The van der Waals surface area contributed by atoms with Crippen LogP contribution in [0.2, 0.25) is 0 Å². The van der Waals surface area contributed by atoms with Crippen LogP contribution in [0.25, 0.3) is 0 Å². The molecule has 6 aromatic rings. The number of ketones is 1. The molecule has 0 amide bonds. The summed E-state index contributed by atoms with van der Waals surface area (Å²) in [5.74, 6) is 0.847. The standard InChI is InChI=1S/C32H12BF24.C14H15N2O2/c34-25(35,36)13-1-14(26(37,38)39)6-21(5-13)33(22-7-15(27(40,41)42)2-16(8-22)28(43,44)45,23-9-17(29(46,47)48)3-18(10-23)30(49,50)51)24-11-19(31(52,53)54)4-20(12-24)32(55,56)57;1-2-18-13-5-3-12(4-6-13)14(17)11-16-9-7-15-8-10-16/h1-12H;3-10H,2,11H2,1H3/q-1;+1. The second kappa shape index (κ2) is 20.6. The van der Waals surface area contributed by atoms with Crippen LogP contribution in [0.4, 0.5) is 105 Å². The lowest BCUT2D eigenvalue weighted by atomic mass is 9.12. The number of hydrogen-bond donors (Lipinski definition) is 0. The fourth-order valence-electron chi connectivity index (χ4n) is 7.68. The summed E-state index contributed by atoms with van der Waals surface area (Å²) in [5, 5.41) is 0. The summed E-state index contributed by atoms with van der Waals surface area (Å²) in [7, 11) is 0. The van der Waals surface area contributed by atoms with Crippen molar-refractivity contribution in [3.8, 4) is 5.75 Å². The fraction of sp³-hybridized carbons (Fsp3) is 0.239. The summed E-state index contributed by atoms with van der Waals surface area (Å²) >= 11 is 0. The zero-order chi connectivity index (χ0) is 56.7. The molecule has 0 N–H and O–H groups in total. The van der Waals surface area contributed by atoms with Crippen LogP contribution in [-0.2, 0) is 56.0 Å². The van der Waals surface area contributed by atoms with Crippen LogP contribution in [0.3, 0.4) is 0 Å². The SMILES string of the molecule is CCOc1ccc(C(=O)C[n+]2ccncc2)cc1.FC(F)(F)c1cc([B-](c2cc(C(F)(F)F)cc(C(F)(F)F)c2)(c2cc(C(F)(F)F)cc(C(F)(F)F)c2)c2cc(C(F)(F)F)cc(C(F)(F)F)c2)cc(C(F)(F)F)c1. The summed E-state index contributed by atoms with van der Waals surface area (Å²) in [4.78, 5) is 15.9. The number of carbonyl (C=O) groups is 1. The molecule has 6 rings (SSSR count). The topological polar surface area (TPSA) is 43.1 Å². The number of Topliss-reactive ketones (excluding diaryl/α,β-unsaturated/α-hetero) is 1. The molecule has 0 saturated carbocycles. The minimum absolute atomic E-state index is 0.0641. The maximum absolute atomic E-state index is 14.2. The van der Waals surface area contributed by atoms with E-state index in [2.05, 4.69) is 4.98 Å². The normalized spacial score (nSPS) is 13.3. The molecule has 1 heterocycles. The highest BCUT2D eigenvalue weighted by Gasteiger charge is 2.47. The van der Waals surface area contributed by atoms with E-state index >= 15 is 0 Å². The molecule has 0 bridgehead atoms. The third-order valence-electron chi connectivity index (χ3n) is 10.9. The van der Waals surface area contributed by atoms with Gasteiger partial charge in [0.1, 0.15) is 11.9 Å². The highest BCUT2D eigenvalue weighted by atomic mass is 19.4. The predicted octanol–water partition coefficient (Wildman–Crippen LogP) is 12.9. The Morgan fingerprint density at radius 3 is 0.867 bits per heavy atom. The van der Waals surface area contributed by atoms with Gasteiger partial charge in [-0.25, -0.2) is 0 Å². The number of halogens is 24. The average molecular weight is 1110 g/mol. The minimum atomic E-state index is -6.13. The summed E-state index contributed by atoms with van der Waals surface area (Å²) in [5.41, 5.74) is -29.5. The van der Waals surface area contributed by atoms with Gasteiger partial charge in [-0.05, 0) is 55.5 Å². The molecule has 404 valence electrons. The number of hydrogen-bond acceptors (Lipinski definition) is 3. The molecule has 0 saturated heterocycles. The molecule has 1 aromatic heterocycles. The largest absolute Gasteiger partial charge is 0.494 e. The number of alkyl halides is 24. The smallest absolute Gasteiger partial charge is 0.416 e. The predicted molar refractivity (Wildman–Crippen MR) is 216 cm³/mol. The molecule has 0 atom stereocenters. The van der Waals surface area contributed by atoms with Gasteiger partial charge in [0.25, 0.3) is 0 Å². The maximum atomic E-state index is 14.2. The number of aromatic nitrogens is 2. The average Bonchev–Trinajstić information content (AvgIpc) is 3.27. The summed E-state index contributed by atoms with van der Waals surface area (Å²) in [6.07, 6.45) is -47.9. The first kappa shape index (κ1) is 58.9. The van der Waals surface area contributed by atoms with Crippen molar-refractivity contribution >= 4 is 33.8 Å². The van der Waals surface area contributed by atoms with Crippen LogP contribution in [-0.4, -0.2) is 23.5 Å². The molecule has 29 heteroatoms. The Balaban J connectivity index is 0.000000483. The fourth-order valence-corrected chi connectivity index (χ4v) is 7.68. The zero-order valence-corrected chi connectivity index (χ0v) is 36.8. The first-order valence-electron chi connectivity index (χ1n) is 20.5. The molecular weight excluding hydrogens is 1080 g/mol. The molecule has 0 unspecified atom stereocenters. The molecule has 5 aromatic carbocycles. The summed E-state index contributed by atoms with van der Waals surface area (Å²) in [6.45, 7) is 2.87. The van der Waals surface area contributed by atoms with Crippen molar-refractivity contribution in [2.24, 2.45) is 0 Å². The zero-order valence-electron chi connectivity index (χ0n) is 36.8. The van der Waals surface area contributed by atoms with Crippen LogP contribution in [0, 0.1) is 0 Å². The number of nitrogens with zero attached hydrogens (tertiary/aromatic N) is 2. The Bertz CT molecular complexity index is 2550. The van der Waals surface area contributed by atoms with E-state index in [0.29, 0.717) is 18.7 Å². The Morgan fingerprint density at radius 2 is 0.653 bits per heavy atom. The first-order valence-corrected chi connectivity index (χ1v) is 20.5. The van der Waals surface area contributed by atoms with E-state index in [1.54, 1.807) is 41.5 Å². The summed E-state index contributed by atoms with van der Waals surface area (Å²) in [6, 6.07) is -1.61. The van der Waals surface area contributed by atoms with E-state index in [0.717, 1.165) is 5.75 Å². The van der Waals surface area contributed by atoms with Gasteiger partial charge in [-0.15, -0.1) is 0 Å². The van der Waals surface area contributed by atoms with Crippen LogP contribution in [0.15, 0.2) is 122 Å². The van der Waals surface area contributed by atoms with Gasteiger partial charge in [0, 0.05) is 5.56 Å². The lowest BCUT2D eigenvalue weighted by Crippen LogP contribution is -2.75. The number of carbonyl (C=O) groups excluding carboxylic acids is 1. The third kappa shape index (κ3) is 14.1. The minimum Gasteiger partial charge on any atom is -0.494 e. The van der Waals surface area contributed by atoms with Gasteiger partial charge in [-0.2, -0.15) is 132 Å². The van der Waals surface area contributed by atoms with Crippen molar-refractivity contribution in [3.63, 3.8) is 0 Å². The molecule has 0 spiro atoms. The Hall–Kier alpha value is -6.97. The lowest BCUT2D eigenvalue weighted by Gasteiger charge is -2.46. The highest BCUT2D eigenvalue weighted by molar-refractivity contribution is 7.20. The second-order valence-corrected chi connectivity index (χ2v) is 16.0. The Morgan fingerprint density at radius 1 is 0.413 bits per heavy atom. The monoisotopic (exact) mass is 1110 g/mol. The van der Waals surface area contributed by atoms with Crippen molar-refractivity contribution in [1.82, 2.24) is 4.98 Å². The van der Waals surface area contributed by atoms with Crippen molar-refractivity contribution < 1.29 is 119 Å². The van der Waals surface area contributed by atoms with Gasteiger partial charge in [-0.3, -0.25) is 9.78 Å². The third-order valence-corrected chi connectivity index (χ3v) is 10.9. The van der Waals surface area contributed by atoms with Gasteiger partial charge >= 0.3 is 49.4 Å². The van der Waals surface area contributed by atoms with Crippen LogP contribution in [0.5, 0.6) is 5.75 Å². The number of benzene rings is 5. The Labute approximate surface area is 405 Å². The van der Waals surface area contributed by atoms with E-state index < -0.39 is 195 Å². The van der Waals surface area contributed by atoms with Crippen LogP contribution >= 0.6 is 0 Å². The molecular formula is C46H27BF24N2O2. The first-order chi connectivity index (χ1) is 34.1. The van der Waals surface area contributed by atoms with E-state index in [1.165, 1.54) is 0 Å². The molecule has 0 aliphatic carbocycles. The van der Waals surface area contributed by atoms with Crippen LogP contribution < -0.4 is 31.2 Å². The molecule has 0 fully saturated rings. The van der Waals surface area contributed by atoms with Crippen molar-refractivity contribution in [2.45, 2.75) is 62.9 Å². The number of rotatable bonds is 9. The van der Waals surface area contributed by atoms with E-state index in [4.69, 9.17) is 4.74 Å². The molecule has 0 aliphatic heterocycles. The van der Waals surface area contributed by atoms with E-state index in [1.807, 2.05) is 19.1 Å². The van der Waals surface area contributed by atoms with Crippen molar-refractivity contribution in [2.75, 3.05) is 6.61 Å². The molecule has 0 radical (unpaired) electrons. The quantitative estimate of drug-likeness (QED) is 0.0627. The van der Waals surface area contributed by atoms with Crippen molar-refractivity contribution in [3.05, 3.63) is 172 Å². The van der Waals surface area contributed by atoms with Crippen molar-refractivity contribution in [1.29, 1.82) is 0 Å². The Kier molecular flexibility index (Phi) is 16.2. The highest BCUT2D eigenvalue weighted by Crippen LogP contribution is 2.41. The van der Waals surface area contributed by atoms with E-state index in [-0.39, 0.29) is 5.78 Å². The van der Waals surface area contributed by atoms with E-state index in [9.17, 15) is 110 Å². The van der Waals surface area contributed by atoms with Gasteiger partial charge in [-0.1, -0.05) is 48.5 Å². The molecule has 4 nitrogen and oxygen atoms in total. The van der Waals surface area contributed by atoms with Gasteiger partial charge in [0.2, 0.25) is 12.3 Å². The van der Waals surface area contributed by atoms with Crippen LogP contribution in [0.1, 0.15) is 61.8 Å². The van der Waals surface area contributed by atoms with Gasteiger partial charge < -0.3 is 4.74 Å². The molecule has 75 heavy (non-hydrogen) atoms. The van der Waals surface area contributed by atoms with Gasteiger partial charge in [0.15, 0.2) is 12.4 Å². The number of ether oxygens (including phenoxy) is 1. The summed E-state index contributed by atoms with van der Waals surface area (Å²) < 4.78 is 348. The van der Waals surface area contributed by atoms with Gasteiger partial charge in [0.05, 0.1) is 63.5 Å². The second-order valence-electron chi connectivity index (χ2n) is 16.0. The molecule has 0 aliphatic rings. The maximum Gasteiger partial charge on any atom is 0.416 e. The lowest BCUT2D eigenvalue weighted by molar-refractivity contribution is -0.683.